The fourth-order valence-corrected chi connectivity index (χ4v) is 3.22. The van der Waals surface area contributed by atoms with Gasteiger partial charge in [0.25, 0.3) is 0 Å². The molecule has 0 saturated heterocycles. The molecule has 0 saturated carbocycles. The zero-order valence-corrected chi connectivity index (χ0v) is 16.2. The molecule has 30 heavy (non-hydrogen) atoms. The predicted octanol–water partition coefficient (Wildman–Crippen LogP) is 2.05. The van der Waals surface area contributed by atoms with E-state index in [-0.39, 0.29) is 18.5 Å². The Bertz CT molecular complexity index is 1050. The van der Waals surface area contributed by atoms with E-state index in [2.05, 4.69) is 10.3 Å². The van der Waals surface area contributed by atoms with Crippen molar-refractivity contribution in [1.29, 1.82) is 0 Å². The van der Waals surface area contributed by atoms with Crippen molar-refractivity contribution < 1.29 is 24.1 Å². The van der Waals surface area contributed by atoms with Gasteiger partial charge in [0.15, 0.2) is 11.5 Å². The highest BCUT2D eigenvalue weighted by Gasteiger charge is 2.32. The number of hydrogen-bond acceptors (Lipinski definition) is 8. The highest BCUT2D eigenvalue weighted by Crippen LogP contribution is 2.32. The molecule has 11 heteroatoms. The summed E-state index contributed by atoms with van der Waals surface area (Å²) in [5.41, 5.74) is 0.0352. The lowest BCUT2D eigenvalue weighted by atomic mass is 10.00. The normalized spacial score (nSPS) is 15.7. The first-order chi connectivity index (χ1) is 14.3. The van der Waals surface area contributed by atoms with Gasteiger partial charge in [0.2, 0.25) is 5.91 Å². The Labute approximate surface area is 170 Å². The van der Waals surface area contributed by atoms with Crippen LogP contribution < -0.4 is 14.8 Å². The van der Waals surface area contributed by atoms with Gasteiger partial charge < -0.3 is 14.8 Å². The monoisotopic (exact) mass is 414 g/mol. The molecular formula is C19H18N4O7. The van der Waals surface area contributed by atoms with Crippen LogP contribution in [0.4, 0.5) is 11.4 Å². The SMILES string of the molecule is COc1ccc(C2=NC(Cc3cccc([N+](=O)[O-])c3[N+](=O)[O-])C(=O)NC2)cc1OC. The lowest BCUT2D eigenvalue weighted by Crippen LogP contribution is -2.43. The number of para-hydroxylation sites is 1. The van der Waals surface area contributed by atoms with Crippen molar-refractivity contribution in [3.8, 4) is 11.5 Å². The largest absolute Gasteiger partial charge is 0.493 e. The van der Waals surface area contributed by atoms with E-state index in [1.165, 1.54) is 26.4 Å². The van der Waals surface area contributed by atoms with Crippen LogP contribution in [0.25, 0.3) is 0 Å². The second kappa shape index (κ2) is 8.55. The van der Waals surface area contributed by atoms with E-state index in [0.717, 1.165) is 6.07 Å². The van der Waals surface area contributed by atoms with E-state index >= 15 is 0 Å². The minimum Gasteiger partial charge on any atom is -0.493 e. The Morgan fingerprint density at radius 1 is 1.10 bits per heavy atom. The number of hydrogen-bond donors (Lipinski definition) is 1. The molecular weight excluding hydrogens is 396 g/mol. The second-order valence-corrected chi connectivity index (χ2v) is 6.38. The number of methoxy groups -OCH3 is 2. The molecule has 3 rings (SSSR count). The van der Waals surface area contributed by atoms with Gasteiger partial charge in [-0.2, -0.15) is 0 Å². The van der Waals surface area contributed by atoms with Crippen molar-refractivity contribution in [3.05, 3.63) is 67.8 Å². The number of aliphatic imine (C=N–C) groups is 1. The molecule has 0 aromatic heterocycles. The summed E-state index contributed by atoms with van der Waals surface area (Å²) in [7, 11) is 3.01. The third-order valence-corrected chi connectivity index (χ3v) is 4.65. The van der Waals surface area contributed by atoms with Crippen LogP contribution in [0.1, 0.15) is 11.1 Å². The summed E-state index contributed by atoms with van der Waals surface area (Å²) in [5, 5.41) is 25.3. The van der Waals surface area contributed by atoms with Crippen LogP contribution >= 0.6 is 0 Å². The molecule has 0 spiro atoms. The molecule has 11 nitrogen and oxygen atoms in total. The maximum Gasteiger partial charge on any atom is 0.349 e. The summed E-state index contributed by atoms with van der Waals surface area (Å²) in [6.45, 7) is 0.168. The predicted molar refractivity (Wildman–Crippen MR) is 106 cm³/mol. The third-order valence-electron chi connectivity index (χ3n) is 4.65. The van der Waals surface area contributed by atoms with E-state index in [0.29, 0.717) is 22.8 Å². The Balaban J connectivity index is 1.97. The van der Waals surface area contributed by atoms with Gasteiger partial charge in [0.1, 0.15) is 6.04 Å². The number of ether oxygens (including phenoxy) is 2. The number of amides is 1. The van der Waals surface area contributed by atoms with Crippen LogP contribution in [0.5, 0.6) is 11.5 Å². The summed E-state index contributed by atoms with van der Waals surface area (Å²) in [4.78, 5) is 37.7. The van der Waals surface area contributed by atoms with Crippen molar-refractivity contribution >= 4 is 23.0 Å². The standard InChI is InChI=1S/C19H18N4O7/c1-29-16-7-6-11(9-17(16)30-2)14-10-20-19(24)13(21-14)8-12-4-3-5-15(22(25)26)18(12)23(27)28/h3-7,9,13H,8,10H2,1-2H3,(H,20,24). The van der Waals surface area contributed by atoms with Crippen molar-refractivity contribution in [2.24, 2.45) is 4.99 Å². The first-order valence-electron chi connectivity index (χ1n) is 8.83. The lowest BCUT2D eigenvalue weighted by Gasteiger charge is -2.21. The van der Waals surface area contributed by atoms with Crippen LogP contribution in [0.15, 0.2) is 41.4 Å². The highest BCUT2D eigenvalue weighted by molar-refractivity contribution is 6.07. The van der Waals surface area contributed by atoms with Gasteiger partial charge in [0.05, 0.1) is 36.3 Å². The number of nitro benzene ring substituents is 2. The lowest BCUT2D eigenvalue weighted by molar-refractivity contribution is -0.423. The van der Waals surface area contributed by atoms with E-state index in [4.69, 9.17) is 9.47 Å². The van der Waals surface area contributed by atoms with Gasteiger partial charge >= 0.3 is 11.4 Å². The summed E-state index contributed by atoms with van der Waals surface area (Å²) >= 11 is 0. The fourth-order valence-electron chi connectivity index (χ4n) is 3.22. The topological polar surface area (TPSA) is 146 Å². The summed E-state index contributed by atoms with van der Waals surface area (Å²) in [6.07, 6.45) is -0.152. The molecule has 156 valence electrons. The molecule has 1 unspecified atom stereocenters. The molecule has 1 N–H and O–H groups in total. The number of nitrogens with one attached hydrogen (secondary N) is 1. The smallest absolute Gasteiger partial charge is 0.349 e. The van der Waals surface area contributed by atoms with E-state index in [9.17, 15) is 25.0 Å². The molecule has 0 bridgehead atoms. The van der Waals surface area contributed by atoms with Crippen LogP contribution in [0.3, 0.4) is 0 Å². The molecule has 0 aliphatic carbocycles. The molecule has 1 aliphatic rings. The minimum atomic E-state index is -0.970. The molecule has 1 heterocycles. The number of nitro groups is 2. The second-order valence-electron chi connectivity index (χ2n) is 6.38. The third kappa shape index (κ3) is 4.04. The summed E-state index contributed by atoms with van der Waals surface area (Å²) < 4.78 is 10.5. The average molecular weight is 414 g/mol. The first kappa shape index (κ1) is 20.7. The summed E-state index contributed by atoms with van der Waals surface area (Å²) in [5.74, 6) is 0.603. The number of carbonyl (C=O) groups is 1. The molecule has 0 radical (unpaired) electrons. The number of rotatable bonds is 7. The van der Waals surface area contributed by atoms with E-state index < -0.39 is 33.2 Å². The zero-order chi connectivity index (χ0) is 21.8. The van der Waals surface area contributed by atoms with Gasteiger partial charge in [-0.3, -0.25) is 30.0 Å². The molecule has 0 fully saturated rings. The van der Waals surface area contributed by atoms with Crippen molar-refractivity contribution in [2.75, 3.05) is 20.8 Å². The van der Waals surface area contributed by atoms with Gasteiger partial charge in [-0.05, 0) is 18.2 Å². The van der Waals surface area contributed by atoms with Crippen LogP contribution in [-0.2, 0) is 11.2 Å². The Morgan fingerprint density at radius 2 is 1.83 bits per heavy atom. The van der Waals surface area contributed by atoms with Gasteiger partial charge in [-0.15, -0.1) is 0 Å². The molecule has 2 aromatic carbocycles. The van der Waals surface area contributed by atoms with Crippen LogP contribution in [0, 0.1) is 20.2 Å². The first-order valence-corrected chi connectivity index (χ1v) is 8.83. The number of carbonyl (C=O) groups excluding carboxylic acids is 1. The van der Waals surface area contributed by atoms with Gasteiger partial charge in [-0.25, -0.2) is 0 Å². The van der Waals surface area contributed by atoms with Crippen molar-refractivity contribution in [1.82, 2.24) is 5.32 Å². The maximum absolute atomic E-state index is 12.3. The van der Waals surface area contributed by atoms with Crippen LogP contribution in [-0.4, -0.2) is 48.3 Å². The van der Waals surface area contributed by atoms with Gasteiger partial charge in [-0.1, -0.05) is 12.1 Å². The zero-order valence-electron chi connectivity index (χ0n) is 16.2. The van der Waals surface area contributed by atoms with E-state index in [1.54, 1.807) is 18.2 Å². The fraction of sp³-hybridized carbons (Fsp3) is 0.263. The van der Waals surface area contributed by atoms with Crippen molar-refractivity contribution in [2.45, 2.75) is 12.5 Å². The Hall–Kier alpha value is -4.02. The molecule has 1 atom stereocenters. The van der Waals surface area contributed by atoms with E-state index in [1.807, 2.05) is 0 Å². The van der Waals surface area contributed by atoms with Gasteiger partial charge in [0, 0.05) is 23.6 Å². The Morgan fingerprint density at radius 3 is 2.47 bits per heavy atom. The molecule has 1 aliphatic heterocycles. The molecule has 2 aromatic rings. The number of nitrogens with zero attached hydrogens (tertiary/aromatic N) is 3. The molecule has 1 amide bonds. The average Bonchev–Trinajstić information content (AvgIpc) is 2.74. The quantitative estimate of drug-likeness (QED) is 0.539. The highest BCUT2D eigenvalue weighted by atomic mass is 16.6. The minimum absolute atomic E-state index is 0.0617. The van der Waals surface area contributed by atoms with Crippen molar-refractivity contribution in [3.63, 3.8) is 0 Å². The number of benzene rings is 2. The van der Waals surface area contributed by atoms with Crippen LogP contribution in [0.2, 0.25) is 0 Å². The maximum atomic E-state index is 12.3. The Kier molecular flexibility index (Phi) is 5.90. The summed E-state index contributed by atoms with van der Waals surface area (Å²) in [6, 6.07) is 7.99.